The molecule has 1 aliphatic heterocycles. The lowest BCUT2D eigenvalue weighted by Gasteiger charge is -2.21. The summed E-state index contributed by atoms with van der Waals surface area (Å²) < 4.78 is 55.5. The highest BCUT2D eigenvalue weighted by molar-refractivity contribution is 7.92. The fourth-order valence-electron chi connectivity index (χ4n) is 3.84. The second kappa shape index (κ2) is 10.8. The zero-order valence-electron chi connectivity index (χ0n) is 20.8. The molecule has 0 bridgehead atoms. The molecule has 37 heavy (non-hydrogen) atoms. The number of nitrogens with one attached hydrogen (secondary N) is 1. The molecule has 0 spiro atoms. The molecule has 0 saturated heterocycles. The predicted octanol–water partition coefficient (Wildman–Crippen LogP) is 2.95. The minimum atomic E-state index is -4.11. The fraction of sp³-hybridized carbons (Fsp3) is 0.280. The second-order valence-electron chi connectivity index (χ2n) is 7.95. The zero-order chi connectivity index (χ0) is 26.6. The highest BCUT2D eigenvalue weighted by Crippen LogP contribution is 2.32. The maximum Gasteiger partial charge on any atom is 0.265 e. The minimum Gasteiger partial charge on any atom is -0.497 e. The highest BCUT2D eigenvalue weighted by atomic mass is 32.2. The van der Waals surface area contributed by atoms with Crippen LogP contribution < -0.4 is 28.4 Å². The number of carbonyl (C=O) groups is 1. The summed E-state index contributed by atoms with van der Waals surface area (Å²) in [6, 6.07) is 11.2. The number of ether oxygens (including phenoxy) is 5. The number of fused-ring (bicyclic) bond motifs is 1. The highest BCUT2D eigenvalue weighted by Gasteiger charge is 2.28. The Morgan fingerprint density at radius 1 is 0.946 bits per heavy atom. The molecule has 11 nitrogen and oxygen atoms in total. The lowest BCUT2D eigenvalue weighted by molar-refractivity contribution is 0.0742. The molecular weight excluding hydrogens is 502 g/mol. The number of hydrogen-bond acceptors (Lipinski definition) is 9. The number of amides is 1. The van der Waals surface area contributed by atoms with Gasteiger partial charge in [0.15, 0.2) is 0 Å². The number of rotatable bonds is 9. The Labute approximate surface area is 214 Å². The van der Waals surface area contributed by atoms with E-state index in [1.807, 2.05) is 6.07 Å². The predicted molar refractivity (Wildman–Crippen MR) is 134 cm³/mol. The van der Waals surface area contributed by atoms with E-state index in [0.29, 0.717) is 23.8 Å². The smallest absolute Gasteiger partial charge is 0.265 e. The van der Waals surface area contributed by atoms with Crippen LogP contribution in [0.15, 0.2) is 53.6 Å². The molecule has 0 unspecified atom stereocenters. The van der Waals surface area contributed by atoms with Gasteiger partial charge < -0.3 is 28.6 Å². The Morgan fingerprint density at radius 2 is 1.65 bits per heavy atom. The first-order valence-electron chi connectivity index (χ1n) is 11.2. The maximum absolute atomic E-state index is 13.5. The van der Waals surface area contributed by atoms with E-state index in [1.54, 1.807) is 37.3 Å². The first-order chi connectivity index (χ1) is 17.8. The van der Waals surface area contributed by atoms with Gasteiger partial charge in [-0.2, -0.15) is 0 Å². The van der Waals surface area contributed by atoms with Gasteiger partial charge in [-0.1, -0.05) is 0 Å². The van der Waals surface area contributed by atoms with Gasteiger partial charge >= 0.3 is 0 Å². The number of carbonyl (C=O) groups excluding carboxylic acids is 1. The summed E-state index contributed by atoms with van der Waals surface area (Å²) in [6.07, 6.45) is 1.29. The summed E-state index contributed by atoms with van der Waals surface area (Å²) >= 11 is 0. The van der Waals surface area contributed by atoms with E-state index in [0.717, 1.165) is 5.56 Å². The summed E-state index contributed by atoms with van der Waals surface area (Å²) in [5.41, 5.74) is 0.988. The molecule has 196 valence electrons. The molecule has 0 atom stereocenters. The average Bonchev–Trinajstić information content (AvgIpc) is 3.06. The van der Waals surface area contributed by atoms with E-state index in [1.165, 1.54) is 38.6 Å². The van der Waals surface area contributed by atoms with E-state index in [9.17, 15) is 13.2 Å². The quantitative estimate of drug-likeness (QED) is 0.445. The van der Waals surface area contributed by atoms with Crippen molar-refractivity contribution in [3.05, 3.63) is 59.8 Å². The van der Waals surface area contributed by atoms with Crippen LogP contribution in [0.1, 0.15) is 15.9 Å². The molecule has 1 amide bonds. The standard InChI is InChI=1S/C25H27N3O8S/c1-32-18-6-5-16(22(12-18)35-4)15-28-9-10-36-24-20(25(28)29)11-17(14-26-24)27-37(30,31)23-13-19(33-2)7-8-21(23)34-3/h5-8,11-14,27H,9-10,15H2,1-4H3. The van der Waals surface area contributed by atoms with Crippen LogP contribution in [0.5, 0.6) is 28.9 Å². The monoisotopic (exact) mass is 529 g/mol. The Hall–Kier alpha value is -4.19. The summed E-state index contributed by atoms with van der Waals surface area (Å²) in [6.45, 7) is 0.758. The number of sulfonamides is 1. The van der Waals surface area contributed by atoms with Crippen LogP contribution in [-0.4, -0.2) is 65.8 Å². The van der Waals surface area contributed by atoms with Crippen molar-refractivity contribution in [1.82, 2.24) is 9.88 Å². The number of nitrogens with zero attached hydrogens (tertiary/aromatic N) is 2. The van der Waals surface area contributed by atoms with E-state index in [2.05, 4.69) is 9.71 Å². The van der Waals surface area contributed by atoms with Crippen LogP contribution in [0.25, 0.3) is 0 Å². The lowest BCUT2D eigenvalue weighted by Crippen LogP contribution is -2.32. The third kappa shape index (κ3) is 5.48. The van der Waals surface area contributed by atoms with E-state index < -0.39 is 10.0 Å². The number of aromatic nitrogens is 1. The summed E-state index contributed by atoms with van der Waals surface area (Å²) in [7, 11) is 1.79. The third-order valence-electron chi connectivity index (χ3n) is 5.74. The van der Waals surface area contributed by atoms with Crippen LogP contribution in [0.3, 0.4) is 0 Å². The van der Waals surface area contributed by atoms with Gasteiger partial charge in [-0.25, -0.2) is 13.4 Å². The SMILES string of the molecule is COc1ccc(CN2CCOc3ncc(NS(=O)(=O)c4cc(OC)ccc4OC)cc3C2=O)c(OC)c1. The zero-order valence-corrected chi connectivity index (χ0v) is 21.6. The van der Waals surface area contributed by atoms with Gasteiger partial charge in [0, 0.05) is 24.2 Å². The summed E-state index contributed by atoms with van der Waals surface area (Å²) in [4.78, 5) is 19.1. The molecular formula is C25H27N3O8S. The van der Waals surface area contributed by atoms with E-state index in [4.69, 9.17) is 23.7 Å². The molecule has 12 heteroatoms. The summed E-state index contributed by atoms with van der Waals surface area (Å²) in [5.74, 6) is 1.44. The normalized spacial score (nSPS) is 13.2. The van der Waals surface area contributed by atoms with Crippen molar-refractivity contribution in [2.24, 2.45) is 0 Å². The van der Waals surface area contributed by atoms with Crippen molar-refractivity contribution in [2.45, 2.75) is 11.4 Å². The minimum absolute atomic E-state index is 0.0875. The van der Waals surface area contributed by atoms with Crippen molar-refractivity contribution in [3.63, 3.8) is 0 Å². The van der Waals surface area contributed by atoms with Crippen molar-refractivity contribution in [3.8, 4) is 28.9 Å². The molecule has 0 saturated carbocycles. The van der Waals surface area contributed by atoms with Gasteiger partial charge in [-0.05, 0) is 30.3 Å². The Morgan fingerprint density at radius 3 is 2.35 bits per heavy atom. The molecule has 2 heterocycles. The van der Waals surface area contributed by atoms with Crippen LogP contribution in [0.4, 0.5) is 5.69 Å². The fourth-order valence-corrected chi connectivity index (χ4v) is 5.06. The van der Waals surface area contributed by atoms with Crippen molar-refractivity contribution < 1.29 is 36.9 Å². The molecule has 0 fully saturated rings. The van der Waals surface area contributed by atoms with Crippen molar-refractivity contribution in [2.75, 3.05) is 46.3 Å². The molecule has 1 N–H and O–H groups in total. The van der Waals surface area contributed by atoms with Gasteiger partial charge in [0.25, 0.3) is 15.9 Å². The Kier molecular flexibility index (Phi) is 7.58. The van der Waals surface area contributed by atoms with Crippen LogP contribution in [-0.2, 0) is 16.6 Å². The first-order valence-corrected chi connectivity index (χ1v) is 12.7. The van der Waals surface area contributed by atoms with Crippen molar-refractivity contribution in [1.29, 1.82) is 0 Å². The molecule has 0 aliphatic carbocycles. The second-order valence-corrected chi connectivity index (χ2v) is 9.60. The van der Waals surface area contributed by atoms with Crippen LogP contribution in [0.2, 0.25) is 0 Å². The van der Waals surface area contributed by atoms with Gasteiger partial charge in [-0.3, -0.25) is 9.52 Å². The first kappa shape index (κ1) is 25.9. The van der Waals surface area contributed by atoms with E-state index >= 15 is 0 Å². The number of pyridine rings is 1. The maximum atomic E-state index is 13.5. The van der Waals surface area contributed by atoms with Gasteiger partial charge in [0.2, 0.25) is 5.88 Å². The van der Waals surface area contributed by atoms with E-state index in [-0.39, 0.29) is 46.8 Å². The average molecular weight is 530 g/mol. The number of benzene rings is 2. The number of hydrogen-bond donors (Lipinski definition) is 1. The summed E-state index contributed by atoms with van der Waals surface area (Å²) in [5, 5.41) is 0. The number of anilines is 1. The van der Waals surface area contributed by atoms with Gasteiger partial charge in [0.05, 0.1) is 46.9 Å². The van der Waals surface area contributed by atoms with Gasteiger partial charge in [-0.15, -0.1) is 0 Å². The van der Waals surface area contributed by atoms with Crippen LogP contribution >= 0.6 is 0 Å². The molecule has 0 radical (unpaired) electrons. The Bertz CT molecular complexity index is 1410. The Balaban J connectivity index is 1.62. The topological polar surface area (TPSA) is 126 Å². The number of methoxy groups -OCH3 is 4. The molecule has 2 aromatic carbocycles. The molecule has 4 rings (SSSR count). The third-order valence-corrected chi connectivity index (χ3v) is 7.14. The van der Waals surface area contributed by atoms with Gasteiger partial charge in [0.1, 0.15) is 40.1 Å². The largest absolute Gasteiger partial charge is 0.497 e. The lowest BCUT2D eigenvalue weighted by atomic mass is 10.1. The molecule has 3 aromatic rings. The van der Waals surface area contributed by atoms with Crippen molar-refractivity contribution >= 4 is 21.6 Å². The molecule has 1 aliphatic rings. The molecule has 1 aromatic heterocycles. The van der Waals surface area contributed by atoms with Crippen LogP contribution in [0, 0.1) is 0 Å².